The van der Waals surface area contributed by atoms with E-state index in [0.717, 1.165) is 13.1 Å². The first-order valence-electron chi connectivity index (χ1n) is 7.18. The van der Waals surface area contributed by atoms with Gasteiger partial charge in [-0.25, -0.2) is 0 Å². The van der Waals surface area contributed by atoms with Crippen LogP contribution in [0.5, 0.6) is 0 Å². The lowest BCUT2D eigenvalue weighted by molar-refractivity contribution is 0.308. The van der Waals surface area contributed by atoms with Crippen LogP contribution in [0, 0.1) is 5.92 Å². The average molecular weight is 254 g/mol. The van der Waals surface area contributed by atoms with Crippen molar-refractivity contribution in [1.29, 1.82) is 0 Å². The van der Waals surface area contributed by atoms with Gasteiger partial charge in [0.25, 0.3) is 0 Å². The number of likely N-dealkylation sites (tertiary alicyclic amines) is 1. The van der Waals surface area contributed by atoms with Gasteiger partial charge in [-0.2, -0.15) is 0 Å². The fourth-order valence-electron chi connectivity index (χ4n) is 3.03. The molecule has 1 saturated heterocycles. The molecule has 1 heterocycles. The Morgan fingerprint density at radius 2 is 2.00 bits per heavy atom. The predicted octanol–water partition coefficient (Wildman–Crippen LogP) is 3.01. The Morgan fingerprint density at radius 3 is 2.74 bits per heavy atom. The van der Waals surface area contributed by atoms with E-state index >= 15 is 0 Å². The van der Waals surface area contributed by atoms with E-state index < -0.39 is 0 Å². The molecular weight excluding hydrogens is 232 g/mol. The largest absolute Gasteiger partial charge is 0.328 e. The van der Waals surface area contributed by atoms with Gasteiger partial charge in [-0.1, -0.05) is 36.4 Å². The SMILES string of the molecule is CC(N)C1CCN(Cc2ccc3ccccc3c2)C1. The lowest BCUT2D eigenvalue weighted by atomic mass is 10.0. The monoisotopic (exact) mass is 254 g/mol. The van der Waals surface area contributed by atoms with Crippen molar-refractivity contribution in [3.8, 4) is 0 Å². The van der Waals surface area contributed by atoms with Crippen molar-refractivity contribution in [2.75, 3.05) is 13.1 Å². The van der Waals surface area contributed by atoms with Crippen molar-refractivity contribution in [3.63, 3.8) is 0 Å². The molecule has 2 nitrogen and oxygen atoms in total. The number of benzene rings is 2. The molecule has 2 aromatic rings. The molecule has 19 heavy (non-hydrogen) atoms. The summed E-state index contributed by atoms with van der Waals surface area (Å²) in [5.41, 5.74) is 7.41. The molecule has 0 saturated carbocycles. The van der Waals surface area contributed by atoms with Gasteiger partial charge in [-0.15, -0.1) is 0 Å². The zero-order valence-corrected chi connectivity index (χ0v) is 11.5. The van der Waals surface area contributed by atoms with Gasteiger partial charge in [0.05, 0.1) is 0 Å². The van der Waals surface area contributed by atoms with Crippen LogP contribution in [-0.2, 0) is 6.54 Å². The van der Waals surface area contributed by atoms with Crippen molar-refractivity contribution >= 4 is 10.8 Å². The molecule has 1 aliphatic rings. The van der Waals surface area contributed by atoms with E-state index in [1.165, 1.54) is 29.3 Å². The number of hydrogen-bond acceptors (Lipinski definition) is 2. The standard InChI is InChI=1S/C17H22N2/c1-13(18)17-8-9-19(12-17)11-14-6-7-15-4-2-3-5-16(15)10-14/h2-7,10,13,17H,8-9,11-12,18H2,1H3. The van der Waals surface area contributed by atoms with Crippen LogP contribution < -0.4 is 5.73 Å². The Morgan fingerprint density at radius 1 is 1.21 bits per heavy atom. The summed E-state index contributed by atoms with van der Waals surface area (Å²) < 4.78 is 0. The number of nitrogens with two attached hydrogens (primary N) is 1. The molecule has 0 spiro atoms. The highest BCUT2D eigenvalue weighted by atomic mass is 15.1. The molecular formula is C17H22N2. The Bertz CT molecular complexity index is 562. The van der Waals surface area contributed by atoms with Crippen LogP contribution in [0.1, 0.15) is 18.9 Å². The minimum atomic E-state index is 0.321. The summed E-state index contributed by atoms with van der Waals surface area (Å²) in [6, 6.07) is 15.7. The number of fused-ring (bicyclic) bond motifs is 1. The van der Waals surface area contributed by atoms with Crippen molar-refractivity contribution in [3.05, 3.63) is 48.0 Å². The average Bonchev–Trinajstić information content (AvgIpc) is 2.87. The van der Waals surface area contributed by atoms with E-state index in [0.29, 0.717) is 12.0 Å². The highest BCUT2D eigenvalue weighted by molar-refractivity contribution is 5.82. The van der Waals surface area contributed by atoms with E-state index in [1.807, 2.05) is 0 Å². The maximum atomic E-state index is 6.00. The predicted molar refractivity (Wildman–Crippen MR) is 81.0 cm³/mol. The smallest absolute Gasteiger partial charge is 0.0234 e. The maximum Gasteiger partial charge on any atom is 0.0234 e. The zero-order chi connectivity index (χ0) is 13.2. The number of hydrogen-bond donors (Lipinski definition) is 1. The van der Waals surface area contributed by atoms with E-state index in [2.05, 4.69) is 54.3 Å². The van der Waals surface area contributed by atoms with Gasteiger partial charge in [0.1, 0.15) is 0 Å². The van der Waals surface area contributed by atoms with Crippen LogP contribution in [0.25, 0.3) is 10.8 Å². The van der Waals surface area contributed by atoms with Crippen LogP contribution >= 0.6 is 0 Å². The van der Waals surface area contributed by atoms with Crippen LogP contribution in [0.15, 0.2) is 42.5 Å². The number of rotatable bonds is 3. The van der Waals surface area contributed by atoms with E-state index in [9.17, 15) is 0 Å². The third kappa shape index (κ3) is 2.80. The molecule has 2 aromatic carbocycles. The third-order valence-electron chi connectivity index (χ3n) is 4.27. The van der Waals surface area contributed by atoms with Gasteiger partial charge in [-0.05, 0) is 48.2 Å². The van der Waals surface area contributed by atoms with Crippen molar-refractivity contribution in [2.45, 2.75) is 25.9 Å². The molecule has 100 valence electrons. The van der Waals surface area contributed by atoms with E-state index in [4.69, 9.17) is 5.73 Å². The Labute approximate surface area is 115 Å². The van der Waals surface area contributed by atoms with Gasteiger partial charge in [0.2, 0.25) is 0 Å². The third-order valence-corrected chi connectivity index (χ3v) is 4.27. The molecule has 3 rings (SSSR count). The second kappa shape index (κ2) is 5.32. The molecule has 2 N–H and O–H groups in total. The summed E-state index contributed by atoms with van der Waals surface area (Å²) in [6.45, 7) is 5.50. The zero-order valence-electron chi connectivity index (χ0n) is 11.5. The summed E-state index contributed by atoms with van der Waals surface area (Å²) >= 11 is 0. The minimum Gasteiger partial charge on any atom is -0.328 e. The molecule has 0 radical (unpaired) electrons. The topological polar surface area (TPSA) is 29.3 Å². The first-order chi connectivity index (χ1) is 9.22. The molecule has 0 aliphatic carbocycles. The van der Waals surface area contributed by atoms with Gasteiger partial charge >= 0.3 is 0 Å². The Balaban J connectivity index is 1.72. The molecule has 0 bridgehead atoms. The lowest BCUT2D eigenvalue weighted by Crippen LogP contribution is -2.29. The maximum absolute atomic E-state index is 6.00. The summed E-state index contributed by atoms with van der Waals surface area (Å²) in [5, 5.41) is 2.66. The van der Waals surface area contributed by atoms with E-state index in [1.54, 1.807) is 0 Å². The van der Waals surface area contributed by atoms with E-state index in [-0.39, 0.29) is 0 Å². The molecule has 2 atom stereocenters. The number of nitrogens with zero attached hydrogens (tertiary/aromatic N) is 1. The fourth-order valence-corrected chi connectivity index (χ4v) is 3.03. The van der Waals surface area contributed by atoms with Crippen LogP contribution in [-0.4, -0.2) is 24.0 Å². The van der Waals surface area contributed by atoms with Crippen LogP contribution in [0.2, 0.25) is 0 Å². The van der Waals surface area contributed by atoms with Crippen molar-refractivity contribution < 1.29 is 0 Å². The molecule has 0 aromatic heterocycles. The fraction of sp³-hybridized carbons (Fsp3) is 0.412. The molecule has 2 unspecified atom stereocenters. The van der Waals surface area contributed by atoms with Gasteiger partial charge in [-0.3, -0.25) is 4.90 Å². The Kier molecular flexibility index (Phi) is 3.54. The molecule has 2 heteroatoms. The summed E-state index contributed by atoms with van der Waals surface area (Å²) in [7, 11) is 0. The van der Waals surface area contributed by atoms with Crippen molar-refractivity contribution in [2.24, 2.45) is 11.7 Å². The summed E-state index contributed by atoms with van der Waals surface area (Å²) in [4.78, 5) is 2.53. The molecule has 1 aliphatic heterocycles. The van der Waals surface area contributed by atoms with Gasteiger partial charge < -0.3 is 5.73 Å². The first kappa shape index (κ1) is 12.6. The normalized spacial score (nSPS) is 21.9. The lowest BCUT2D eigenvalue weighted by Gasteiger charge is -2.18. The van der Waals surface area contributed by atoms with Gasteiger partial charge in [0.15, 0.2) is 0 Å². The summed E-state index contributed by atoms with van der Waals surface area (Å²) in [5.74, 6) is 0.667. The Hall–Kier alpha value is -1.38. The molecule has 0 amide bonds. The minimum absolute atomic E-state index is 0.321. The second-order valence-electron chi connectivity index (χ2n) is 5.82. The van der Waals surface area contributed by atoms with Crippen molar-refractivity contribution in [1.82, 2.24) is 4.90 Å². The molecule has 1 fully saturated rings. The highest BCUT2D eigenvalue weighted by Crippen LogP contribution is 2.22. The summed E-state index contributed by atoms with van der Waals surface area (Å²) in [6.07, 6.45) is 1.24. The van der Waals surface area contributed by atoms with Gasteiger partial charge in [0, 0.05) is 19.1 Å². The highest BCUT2D eigenvalue weighted by Gasteiger charge is 2.24. The van der Waals surface area contributed by atoms with Crippen LogP contribution in [0.4, 0.5) is 0 Å². The first-order valence-corrected chi connectivity index (χ1v) is 7.18. The second-order valence-corrected chi connectivity index (χ2v) is 5.82. The quantitative estimate of drug-likeness (QED) is 0.912. The van der Waals surface area contributed by atoms with Crippen LogP contribution in [0.3, 0.4) is 0 Å².